The van der Waals surface area contributed by atoms with Gasteiger partial charge in [0.25, 0.3) is 5.91 Å². The smallest absolute Gasteiger partial charge is 0.251 e. The zero-order valence-electron chi connectivity index (χ0n) is 13.8. The van der Waals surface area contributed by atoms with Crippen molar-refractivity contribution in [3.63, 3.8) is 0 Å². The molecule has 3 N–H and O–H groups in total. The van der Waals surface area contributed by atoms with E-state index in [-0.39, 0.29) is 19.3 Å². The largest absolute Gasteiger partial charge is 0.356 e. The van der Waals surface area contributed by atoms with E-state index >= 15 is 0 Å². The summed E-state index contributed by atoms with van der Waals surface area (Å²) in [5.41, 5.74) is 2.06. The number of amides is 2. The Morgan fingerprint density at radius 2 is 1.92 bits per heavy atom. The van der Waals surface area contributed by atoms with Crippen molar-refractivity contribution >= 4 is 23.4 Å². The average molecular weight is 359 g/mol. The Bertz CT molecular complexity index is 524. The van der Waals surface area contributed by atoms with Crippen molar-refractivity contribution in [3.05, 3.63) is 34.9 Å². The van der Waals surface area contributed by atoms with Crippen LogP contribution in [-0.2, 0) is 14.3 Å². The van der Waals surface area contributed by atoms with Gasteiger partial charge in [-0.25, -0.2) is 5.48 Å². The quantitative estimate of drug-likeness (QED) is 0.257. The Hall–Kier alpha value is -1.67. The van der Waals surface area contributed by atoms with E-state index in [1.165, 1.54) is 0 Å². The van der Waals surface area contributed by atoms with Gasteiger partial charge >= 0.3 is 0 Å². The van der Waals surface area contributed by atoms with Crippen molar-refractivity contribution in [2.75, 3.05) is 20.0 Å². The molecule has 0 aliphatic heterocycles. The van der Waals surface area contributed by atoms with Crippen LogP contribution in [0.2, 0.25) is 5.02 Å². The first-order valence-corrected chi connectivity index (χ1v) is 8.01. The van der Waals surface area contributed by atoms with Gasteiger partial charge in [-0.2, -0.15) is 0 Å². The monoisotopic (exact) mass is 358 g/mol. The topological polar surface area (TPSA) is 96.9 Å². The molecule has 134 valence electrons. The molecule has 0 aliphatic rings. The van der Waals surface area contributed by atoms with Gasteiger partial charge in [0.1, 0.15) is 6.79 Å². The number of carbonyl (C=O) groups is 2. The summed E-state index contributed by atoms with van der Waals surface area (Å²) in [4.78, 5) is 23.7. The Morgan fingerprint density at radius 1 is 1.25 bits per heavy atom. The molecule has 8 heteroatoms. The summed E-state index contributed by atoms with van der Waals surface area (Å²) in [6.45, 7) is 4.30. The number of hydrogen-bond donors (Lipinski definition) is 3. The molecule has 0 spiro atoms. The van der Waals surface area contributed by atoms with Crippen LogP contribution in [0.4, 0.5) is 0 Å². The van der Waals surface area contributed by atoms with Crippen molar-refractivity contribution < 1.29 is 24.3 Å². The van der Waals surface area contributed by atoms with Gasteiger partial charge in [-0.3, -0.25) is 14.8 Å². The molecular weight excluding hydrogens is 336 g/mol. The molecule has 2 atom stereocenters. The van der Waals surface area contributed by atoms with Gasteiger partial charge in [0.2, 0.25) is 5.91 Å². The molecule has 7 nitrogen and oxygen atoms in total. The molecule has 2 amide bonds. The molecule has 0 aliphatic carbocycles. The highest BCUT2D eigenvalue weighted by Gasteiger charge is 2.21. The highest BCUT2D eigenvalue weighted by molar-refractivity contribution is 6.30. The van der Waals surface area contributed by atoms with Crippen LogP contribution in [-0.4, -0.2) is 43.1 Å². The van der Waals surface area contributed by atoms with Gasteiger partial charge < -0.3 is 14.8 Å². The lowest BCUT2D eigenvalue weighted by atomic mass is 10.0. The van der Waals surface area contributed by atoms with Crippen molar-refractivity contribution in [3.8, 4) is 0 Å². The first-order chi connectivity index (χ1) is 11.5. The molecule has 0 radical (unpaired) electrons. The van der Waals surface area contributed by atoms with Crippen LogP contribution in [0.5, 0.6) is 0 Å². The summed E-state index contributed by atoms with van der Waals surface area (Å²) in [5, 5.41) is 12.1. The van der Waals surface area contributed by atoms with Crippen molar-refractivity contribution in [2.45, 2.75) is 26.3 Å². The van der Waals surface area contributed by atoms with E-state index < -0.39 is 17.9 Å². The summed E-state index contributed by atoms with van der Waals surface area (Å²) in [6.07, 6.45) is 0.303. The normalized spacial score (nSPS) is 13.2. The predicted octanol–water partition coefficient (Wildman–Crippen LogP) is 1.98. The maximum atomic E-state index is 12.3. The second-order valence-electron chi connectivity index (χ2n) is 5.27. The van der Waals surface area contributed by atoms with E-state index in [1.807, 2.05) is 6.92 Å². The van der Waals surface area contributed by atoms with Crippen LogP contribution < -0.4 is 10.8 Å². The first kappa shape index (κ1) is 20.4. The lowest BCUT2D eigenvalue weighted by Crippen LogP contribution is -2.41. The molecule has 24 heavy (non-hydrogen) atoms. The molecule has 0 fully saturated rings. The fraction of sp³-hybridized carbons (Fsp3) is 0.500. The third kappa shape index (κ3) is 7.27. The number of hydrogen-bond acceptors (Lipinski definition) is 5. The standard InChI is InChI=1S/C16H23ClN2O5/c1-3-23-10-24-9-14(8-11(2)15(20)19-22)18-16(21)12-4-6-13(17)7-5-12/h4-7,11,14,22H,3,8-10H2,1-2H3,(H,18,21)(H,19,20)/t11-,14-/m0/s1. The Kier molecular flexibility index (Phi) is 9.33. The molecule has 0 unspecified atom stereocenters. The molecule has 1 rings (SSSR count). The third-order valence-electron chi connectivity index (χ3n) is 3.33. The highest BCUT2D eigenvalue weighted by Crippen LogP contribution is 2.11. The number of rotatable bonds is 10. The first-order valence-electron chi connectivity index (χ1n) is 7.63. The lowest BCUT2D eigenvalue weighted by Gasteiger charge is -2.21. The summed E-state index contributed by atoms with van der Waals surface area (Å²) in [5.74, 6) is -1.32. The summed E-state index contributed by atoms with van der Waals surface area (Å²) in [6, 6.07) is 6.05. The zero-order valence-corrected chi connectivity index (χ0v) is 14.5. The zero-order chi connectivity index (χ0) is 17.9. The number of benzene rings is 1. The minimum Gasteiger partial charge on any atom is -0.356 e. The van der Waals surface area contributed by atoms with E-state index in [0.717, 1.165) is 0 Å². The second kappa shape index (κ2) is 11.0. The Morgan fingerprint density at radius 3 is 2.50 bits per heavy atom. The van der Waals surface area contributed by atoms with Crippen LogP contribution in [0.25, 0.3) is 0 Å². The van der Waals surface area contributed by atoms with E-state index in [0.29, 0.717) is 23.6 Å². The maximum absolute atomic E-state index is 12.3. The summed E-state index contributed by atoms with van der Waals surface area (Å²) in [7, 11) is 0. The molecule has 1 aromatic carbocycles. The summed E-state index contributed by atoms with van der Waals surface area (Å²) < 4.78 is 10.4. The van der Waals surface area contributed by atoms with Gasteiger partial charge in [0, 0.05) is 23.1 Å². The molecule has 0 saturated carbocycles. The lowest BCUT2D eigenvalue weighted by molar-refractivity contribution is -0.133. The minimum atomic E-state index is -0.523. The van der Waals surface area contributed by atoms with E-state index in [1.54, 1.807) is 36.7 Å². The molecule has 0 bridgehead atoms. The Labute approximate surface area is 146 Å². The van der Waals surface area contributed by atoms with Crippen molar-refractivity contribution in [1.29, 1.82) is 0 Å². The maximum Gasteiger partial charge on any atom is 0.251 e. The average Bonchev–Trinajstić information content (AvgIpc) is 2.58. The fourth-order valence-electron chi connectivity index (χ4n) is 2.02. The van der Waals surface area contributed by atoms with E-state index in [2.05, 4.69) is 5.32 Å². The molecule has 1 aromatic rings. The SMILES string of the molecule is CCOCOC[C@H](C[C@H](C)C(=O)NO)NC(=O)c1ccc(Cl)cc1. The van der Waals surface area contributed by atoms with Crippen LogP contribution in [0.1, 0.15) is 30.6 Å². The van der Waals surface area contributed by atoms with Crippen LogP contribution in [0.3, 0.4) is 0 Å². The van der Waals surface area contributed by atoms with Gasteiger partial charge in [0.05, 0.1) is 12.6 Å². The Balaban J connectivity index is 2.66. The molecule has 0 heterocycles. The van der Waals surface area contributed by atoms with Crippen molar-refractivity contribution in [1.82, 2.24) is 10.8 Å². The number of hydroxylamine groups is 1. The van der Waals surface area contributed by atoms with E-state index in [4.69, 9.17) is 26.3 Å². The van der Waals surface area contributed by atoms with Gasteiger partial charge in [-0.05, 0) is 37.6 Å². The highest BCUT2D eigenvalue weighted by atomic mass is 35.5. The van der Waals surface area contributed by atoms with Crippen LogP contribution >= 0.6 is 11.6 Å². The van der Waals surface area contributed by atoms with Crippen LogP contribution in [0, 0.1) is 5.92 Å². The van der Waals surface area contributed by atoms with E-state index in [9.17, 15) is 9.59 Å². The summed E-state index contributed by atoms with van der Waals surface area (Å²) >= 11 is 5.81. The number of ether oxygens (including phenoxy) is 2. The van der Waals surface area contributed by atoms with Gasteiger partial charge in [-0.15, -0.1) is 0 Å². The van der Waals surface area contributed by atoms with Gasteiger partial charge in [0.15, 0.2) is 0 Å². The van der Waals surface area contributed by atoms with Gasteiger partial charge in [-0.1, -0.05) is 18.5 Å². The predicted molar refractivity (Wildman–Crippen MR) is 88.9 cm³/mol. The second-order valence-corrected chi connectivity index (χ2v) is 5.71. The third-order valence-corrected chi connectivity index (χ3v) is 3.58. The number of nitrogens with one attached hydrogen (secondary N) is 2. The van der Waals surface area contributed by atoms with Crippen molar-refractivity contribution in [2.24, 2.45) is 5.92 Å². The number of halogens is 1. The fourth-order valence-corrected chi connectivity index (χ4v) is 2.14. The molecular formula is C16H23ClN2O5. The minimum absolute atomic E-state index is 0.102. The number of carbonyl (C=O) groups excluding carboxylic acids is 2. The van der Waals surface area contributed by atoms with Crippen LogP contribution in [0.15, 0.2) is 24.3 Å². The molecule has 0 aromatic heterocycles. The molecule has 0 saturated heterocycles.